The predicted octanol–water partition coefficient (Wildman–Crippen LogP) is 0.732. The lowest BCUT2D eigenvalue weighted by molar-refractivity contribution is 0.172. The standard InChI is InChI=1S/C11H21N3O3S/c1-4-11(5-2,8-15)13-18(16,17)10-7-14(6-3)9-12-10/h7,9,13,15H,4-6,8H2,1-3H3. The molecule has 0 aromatic carbocycles. The Labute approximate surface area is 108 Å². The Morgan fingerprint density at radius 3 is 2.39 bits per heavy atom. The third-order valence-corrected chi connectivity index (χ3v) is 4.72. The molecule has 1 rings (SSSR count). The van der Waals surface area contributed by atoms with Crippen LogP contribution in [-0.2, 0) is 16.6 Å². The van der Waals surface area contributed by atoms with Crippen molar-refractivity contribution in [1.82, 2.24) is 14.3 Å². The van der Waals surface area contributed by atoms with Crippen LogP contribution >= 0.6 is 0 Å². The number of aromatic nitrogens is 2. The summed E-state index contributed by atoms with van der Waals surface area (Å²) in [6.45, 7) is 6.02. The first kappa shape index (κ1) is 15.1. The highest BCUT2D eigenvalue weighted by atomic mass is 32.2. The van der Waals surface area contributed by atoms with E-state index in [1.54, 1.807) is 4.57 Å². The number of nitrogens with one attached hydrogen (secondary N) is 1. The van der Waals surface area contributed by atoms with Crippen LogP contribution < -0.4 is 4.72 Å². The van der Waals surface area contributed by atoms with Crippen molar-refractivity contribution in [3.8, 4) is 0 Å². The highest BCUT2D eigenvalue weighted by Crippen LogP contribution is 2.18. The zero-order valence-electron chi connectivity index (χ0n) is 11.0. The smallest absolute Gasteiger partial charge is 0.260 e. The van der Waals surface area contributed by atoms with E-state index in [4.69, 9.17) is 0 Å². The number of aliphatic hydroxyl groups excluding tert-OH is 1. The first-order valence-electron chi connectivity index (χ1n) is 6.09. The van der Waals surface area contributed by atoms with Crippen LogP contribution in [0, 0.1) is 0 Å². The Morgan fingerprint density at radius 1 is 1.39 bits per heavy atom. The molecule has 1 aromatic rings. The molecular weight excluding hydrogens is 254 g/mol. The Morgan fingerprint density at radius 2 is 2.00 bits per heavy atom. The summed E-state index contributed by atoms with van der Waals surface area (Å²) in [6.07, 6.45) is 4.00. The number of aliphatic hydroxyl groups is 1. The van der Waals surface area contributed by atoms with Crippen molar-refractivity contribution >= 4 is 10.0 Å². The van der Waals surface area contributed by atoms with Crippen LogP contribution in [0.2, 0.25) is 0 Å². The zero-order valence-corrected chi connectivity index (χ0v) is 11.9. The number of hydrogen-bond acceptors (Lipinski definition) is 4. The van der Waals surface area contributed by atoms with Gasteiger partial charge in [-0.15, -0.1) is 0 Å². The molecule has 0 aliphatic rings. The highest BCUT2D eigenvalue weighted by Gasteiger charge is 2.32. The molecule has 0 atom stereocenters. The van der Waals surface area contributed by atoms with Crippen LogP contribution in [0.4, 0.5) is 0 Å². The van der Waals surface area contributed by atoms with E-state index in [1.807, 2.05) is 20.8 Å². The van der Waals surface area contributed by atoms with Gasteiger partial charge in [-0.05, 0) is 19.8 Å². The van der Waals surface area contributed by atoms with Crippen molar-refractivity contribution < 1.29 is 13.5 Å². The second kappa shape index (κ2) is 5.81. The molecule has 0 aliphatic heterocycles. The Kier molecular flexibility index (Phi) is 4.89. The Balaban J connectivity index is 3.00. The summed E-state index contributed by atoms with van der Waals surface area (Å²) in [6, 6.07) is 0. The molecule has 0 spiro atoms. The molecule has 1 heterocycles. The van der Waals surface area contributed by atoms with Crippen molar-refractivity contribution in [1.29, 1.82) is 0 Å². The van der Waals surface area contributed by atoms with Gasteiger partial charge in [0.05, 0.1) is 18.5 Å². The van der Waals surface area contributed by atoms with Gasteiger partial charge in [0.15, 0.2) is 5.03 Å². The molecule has 0 aliphatic carbocycles. The number of aryl methyl sites for hydroxylation is 1. The number of rotatable bonds is 7. The third kappa shape index (κ3) is 3.09. The van der Waals surface area contributed by atoms with E-state index >= 15 is 0 Å². The van der Waals surface area contributed by atoms with Gasteiger partial charge >= 0.3 is 0 Å². The lowest BCUT2D eigenvalue weighted by Crippen LogP contribution is -2.50. The van der Waals surface area contributed by atoms with Gasteiger partial charge in [-0.1, -0.05) is 13.8 Å². The molecule has 0 saturated heterocycles. The zero-order chi connectivity index (χ0) is 13.8. The molecule has 0 bridgehead atoms. The summed E-state index contributed by atoms with van der Waals surface area (Å²) >= 11 is 0. The SMILES string of the molecule is CCn1cnc(S(=O)(=O)NC(CC)(CC)CO)c1. The minimum Gasteiger partial charge on any atom is -0.394 e. The summed E-state index contributed by atoms with van der Waals surface area (Å²) in [4.78, 5) is 3.88. The van der Waals surface area contributed by atoms with Gasteiger partial charge in [-0.25, -0.2) is 18.1 Å². The lowest BCUT2D eigenvalue weighted by atomic mass is 9.96. The Hall–Kier alpha value is -0.920. The molecule has 6 nitrogen and oxygen atoms in total. The van der Waals surface area contributed by atoms with Crippen LogP contribution in [0.1, 0.15) is 33.6 Å². The number of sulfonamides is 1. The molecule has 104 valence electrons. The minimum atomic E-state index is -3.69. The summed E-state index contributed by atoms with van der Waals surface area (Å²) in [5, 5.41) is 9.38. The molecule has 7 heteroatoms. The Bertz CT molecular complexity index is 469. The van der Waals surface area contributed by atoms with E-state index in [-0.39, 0.29) is 11.6 Å². The molecule has 18 heavy (non-hydrogen) atoms. The monoisotopic (exact) mass is 275 g/mol. The molecule has 0 unspecified atom stereocenters. The maximum atomic E-state index is 12.2. The van der Waals surface area contributed by atoms with Crippen LogP contribution in [0.25, 0.3) is 0 Å². The van der Waals surface area contributed by atoms with Gasteiger partial charge in [0.2, 0.25) is 0 Å². The molecule has 0 amide bonds. The predicted molar refractivity (Wildman–Crippen MR) is 68.6 cm³/mol. The molecule has 2 N–H and O–H groups in total. The minimum absolute atomic E-state index is 0.0101. The van der Waals surface area contributed by atoms with Crippen LogP contribution in [0.5, 0.6) is 0 Å². The van der Waals surface area contributed by atoms with Gasteiger partial charge in [0, 0.05) is 12.7 Å². The fourth-order valence-electron chi connectivity index (χ4n) is 1.64. The number of nitrogens with zero attached hydrogens (tertiary/aromatic N) is 2. The molecule has 0 fully saturated rings. The molecular formula is C11H21N3O3S. The van der Waals surface area contributed by atoms with Gasteiger partial charge in [0.25, 0.3) is 10.0 Å². The average molecular weight is 275 g/mol. The summed E-state index contributed by atoms with van der Waals surface area (Å²) in [7, 11) is -3.69. The van der Waals surface area contributed by atoms with Gasteiger partial charge in [0.1, 0.15) is 0 Å². The van der Waals surface area contributed by atoms with Crippen LogP contribution in [0.3, 0.4) is 0 Å². The van der Waals surface area contributed by atoms with E-state index in [2.05, 4.69) is 9.71 Å². The fourth-order valence-corrected chi connectivity index (χ4v) is 3.13. The second-order valence-electron chi connectivity index (χ2n) is 4.29. The van der Waals surface area contributed by atoms with Crippen molar-refractivity contribution in [2.45, 2.75) is 50.7 Å². The molecule has 0 saturated carbocycles. The van der Waals surface area contributed by atoms with E-state index < -0.39 is 15.6 Å². The maximum Gasteiger partial charge on any atom is 0.260 e. The summed E-state index contributed by atoms with van der Waals surface area (Å²) in [5.74, 6) is 0. The third-order valence-electron chi connectivity index (χ3n) is 3.26. The average Bonchev–Trinajstić information content (AvgIpc) is 2.85. The first-order chi connectivity index (χ1) is 8.43. The van der Waals surface area contributed by atoms with E-state index in [0.717, 1.165) is 0 Å². The number of imidazole rings is 1. The quantitative estimate of drug-likeness (QED) is 0.768. The summed E-state index contributed by atoms with van der Waals surface area (Å²) in [5.41, 5.74) is -0.811. The van der Waals surface area contributed by atoms with Crippen LogP contribution in [0.15, 0.2) is 17.6 Å². The topological polar surface area (TPSA) is 84.2 Å². The molecule has 1 aromatic heterocycles. The van der Waals surface area contributed by atoms with Crippen LogP contribution in [-0.4, -0.2) is 35.2 Å². The van der Waals surface area contributed by atoms with E-state index in [9.17, 15) is 13.5 Å². The van der Waals surface area contributed by atoms with E-state index in [1.165, 1.54) is 12.5 Å². The largest absolute Gasteiger partial charge is 0.394 e. The van der Waals surface area contributed by atoms with Gasteiger partial charge < -0.3 is 9.67 Å². The van der Waals surface area contributed by atoms with Gasteiger partial charge in [-0.2, -0.15) is 0 Å². The normalized spacial score (nSPS) is 12.9. The van der Waals surface area contributed by atoms with Crippen molar-refractivity contribution in [3.05, 3.63) is 12.5 Å². The fraction of sp³-hybridized carbons (Fsp3) is 0.727. The van der Waals surface area contributed by atoms with E-state index in [0.29, 0.717) is 19.4 Å². The summed E-state index contributed by atoms with van der Waals surface area (Å²) < 4.78 is 28.6. The van der Waals surface area contributed by atoms with Gasteiger partial charge in [-0.3, -0.25) is 0 Å². The van der Waals surface area contributed by atoms with Crippen molar-refractivity contribution in [3.63, 3.8) is 0 Å². The maximum absolute atomic E-state index is 12.2. The number of hydrogen-bond donors (Lipinski definition) is 2. The first-order valence-corrected chi connectivity index (χ1v) is 7.58. The second-order valence-corrected chi connectivity index (χ2v) is 5.92. The lowest BCUT2D eigenvalue weighted by Gasteiger charge is -2.29. The van der Waals surface area contributed by atoms with Crippen molar-refractivity contribution in [2.75, 3.05) is 6.61 Å². The van der Waals surface area contributed by atoms with Crippen molar-refractivity contribution in [2.24, 2.45) is 0 Å². The molecule has 0 radical (unpaired) electrons. The highest BCUT2D eigenvalue weighted by molar-refractivity contribution is 7.89.